The highest BCUT2D eigenvalue weighted by Gasteiger charge is 2.31. The standard InChI is InChI=1S/C26H32ClFN2O3S/c1-32-16-24(19-4-3-5-20(27)12-19)30-10-8-17(9-11-30)15-33-25-14-23(28)22(26(31)29-34-2)13-21(25)18-6-7-18/h3-5,12-14,17-18,24H,6-11,15-16H2,1-2H3,(H,29,31). The first-order valence-corrected chi connectivity index (χ1v) is 13.4. The second-order valence-electron chi connectivity index (χ2n) is 9.10. The lowest BCUT2D eigenvalue weighted by Gasteiger charge is -2.37. The molecular formula is C26H32ClFN2O3S. The highest BCUT2D eigenvalue weighted by molar-refractivity contribution is 7.97. The van der Waals surface area contributed by atoms with Crippen molar-refractivity contribution in [1.29, 1.82) is 0 Å². The number of piperidine rings is 1. The van der Waals surface area contributed by atoms with E-state index in [0.717, 1.165) is 61.3 Å². The molecule has 1 amide bonds. The lowest BCUT2D eigenvalue weighted by atomic mass is 9.95. The zero-order valence-corrected chi connectivity index (χ0v) is 21.3. The summed E-state index contributed by atoms with van der Waals surface area (Å²) in [6.45, 7) is 3.04. The summed E-state index contributed by atoms with van der Waals surface area (Å²) in [6.07, 6.45) is 5.84. The maximum Gasteiger partial charge on any atom is 0.264 e. The van der Waals surface area contributed by atoms with Crippen LogP contribution < -0.4 is 9.46 Å². The Balaban J connectivity index is 1.37. The minimum absolute atomic E-state index is 0.0853. The van der Waals surface area contributed by atoms with E-state index < -0.39 is 11.7 Å². The molecule has 0 radical (unpaired) electrons. The fourth-order valence-electron chi connectivity index (χ4n) is 4.65. The number of nitrogens with one attached hydrogen (secondary N) is 1. The SMILES string of the molecule is COCC(c1cccc(Cl)c1)N1CCC(COc2cc(F)c(C(=O)NSC)cc2C2CC2)CC1. The minimum Gasteiger partial charge on any atom is -0.493 e. The van der Waals surface area contributed by atoms with Crippen LogP contribution >= 0.6 is 23.5 Å². The van der Waals surface area contributed by atoms with Crippen molar-refractivity contribution in [3.63, 3.8) is 0 Å². The van der Waals surface area contributed by atoms with Crippen LogP contribution in [-0.2, 0) is 4.74 Å². The van der Waals surface area contributed by atoms with Gasteiger partial charge in [0.1, 0.15) is 11.6 Å². The molecule has 1 heterocycles. The van der Waals surface area contributed by atoms with Crippen LogP contribution in [0, 0.1) is 11.7 Å². The van der Waals surface area contributed by atoms with Gasteiger partial charge in [0, 0.05) is 24.5 Å². The number of benzene rings is 2. The molecule has 8 heteroatoms. The van der Waals surface area contributed by atoms with Gasteiger partial charge >= 0.3 is 0 Å². The number of nitrogens with zero attached hydrogens (tertiary/aromatic N) is 1. The van der Waals surface area contributed by atoms with Crippen LogP contribution in [0.1, 0.15) is 59.1 Å². The molecule has 1 atom stereocenters. The lowest BCUT2D eigenvalue weighted by Crippen LogP contribution is -2.39. The smallest absolute Gasteiger partial charge is 0.264 e. The van der Waals surface area contributed by atoms with Crippen molar-refractivity contribution < 1.29 is 18.7 Å². The molecule has 5 nitrogen and oxygen atoms in total. The first-order valence-electron chi connectivity index (χ1n) is 11.8. The van der Waals surface area contributed by atoms with Gasteiger partial charge in [-0.2, -0.15) is 0 Å². The molecule has 1 unspecified atom stereocenters. The van der Waals surface area contributed by atoms with E-state index in [2.05, 4.69) is 15.7 Å². The van der Waals surface area contributed by atoms with Gasteiger partial charge in [0.15, 0.2) is 0 Å². The minimum atomic E-state index is -0.537. The second kappa shape index (κ2) is 11.8. The maximum atomic E-state index is 14.7. The molecule has 2 aliphatic rings. The number of ether oxygens (including phenoxy) is 2. The van der Waals surface area contributed by atoms with E-state index in [0.29, 0.717) is 30.8 Å². The molecule has 2 aromatic rings. The van der Waals surface area contributed by atoms with Crippen LogP contribution in [0.4, 0.5) is 4.39 Å². The Hall–Kier alpha value is -1.80. The number of methoxy groups -OCH3 is 1. The molecule has 1 aliphatic heterocycles. The van der Waals surface area contributed by atoms with Gasteiger partial charge in [-0.05, 0) is 79.9 Å². The van der Waals surface area contributed by atoms with Crippen molar-refractivity contribution in [2.24, 2.45) is 5.92 Å². The van der Waals surface area contributed by atoms with Gasteiger partial charge in [-0.1, -0.05) is 35.7 Å². The van der Waals surface area contributed by atoms with E-state index in [1.165, 1.54) is 11.6 Å². The molecule has 4 rings (SSSR count). The molecule has 0 bridgehead atoms. The third kappa shape index (κ3) is 6.25. The average molecular weight is 507 g/mol. The highest BCUT2D eigenvalue weighted by atomic mass is 35.5. The number of carbonyl (C=O) groups excluding carboxylic acids is 1. The Kier molecular flexibility index (Phi) is 8.75. The number of carbonyl (C=O) groups is 1. The first-order chi connectivity index (χ1) is 16.5. The topological polar surface area (TPSA) is 50.8 Å². The quantitative estimate of drug-likeness (QED) is 0.410. The largest absolute Gasteiger partial charge is 0.493 e. The summed E-state index contributed by atoms with van der Waals surface area (Å²) >= 11 is 7.38. The van der Waals surface area contributed by atoms with E-state index in [9.17, 15) is 9.18 Å². The van der Waals surface area contributed by atoms with Gasteiger partial charge in [-0.25, -0.2) is 4.39 Å². The zero-order chi connectivity index (χ0) is 24.1. The fraction of sp³-hybridized carbons (Fsp3) is 0.500. The Labute approximate surface area is 210 Å². The number of rotatable bonds is 10. The van der Waals surface area contributed by atoms with E-state index in [4.69, 9.17) is 21.1 Å². The predicted molar refractivity (Wildman–Crippen MR) is 135 cm³/mol. The van der Waals surface area contributed by atoms with E-state index in [1.807, 2.05) is 18.2 Å². The third-order valence-electron chi connectivity index (χ3n) is 6.68. The van der Waals surface area contributed by atoms with Crippen LogP contribution in [0.2, 0.25) is 5.02 Å². The van der Waals surface area contributed by atoms with Gasteiger partial charge in [0.25, 0.3) is 5.91 Å². The van der Waals surface area contributed by atoms with E-state index in [1.54, 1.807) is 19.4 Å². The molecule has 0 spiro atoms. The van der Waals surface area contributed by atoms with Gasteiger partial charge in [-0.3, -0.25) is 14.4 Å². The van der Waals surface area contributed by atoms with Gasteiger partial charge in [0.2, 0.25) is 0 Å². The van der Waals surface area contributed by atoms with E-state index in [-0.39, 0.29) is 11.6 Å². The van der Waals surface area contributed by atoms with Crippen LogP contribution in [0.3, 0.4) is 0 Å². The predicted octanol–water partition coefficient (Wildman–Crippen LogP) is 5.84. The van der Waals surface area contributed by atoms with Crippen molar-refractivity contribution in [1.82, 2.24) is 9.62 Å². The summed E-state index contributed by atoms with van der Waals surface area (Å²) in [7, 11) is 1.73. The Morgan fingerprint density at radius 1 is 1.24 bits per heavy atom. The van der Waals surface area contributed by atoms with Crippen LogP contribution in [-0.4, -0.2) is 50.5 Å². The van der Waals surface area contributed by atoms with Crippen LogP contribution in [0.25, 0.3) is 0 Å². The lowest BCUT2D eigenvalue weighted by molar-refractivity contribution is 0.0556. The summed E-state index contributed by atoms with van der Waals surface area (Å²) in [5, 5.41) is 0.734. The molecule has 2 aromatic carbocycles. The van der Waals surface area contributed by atoms with E-state index >= 15 is 0 Å². The van der Waals surface area contributed by atoms with Gasteiger partial charge < -0.3 is 9.47 Å². The molecule has 0 aromatic heterocycles. The molecule has 1 N–H and O–H groups in total. The second-order valence-corrected chi connectivity index (χ2v) is 10.1. The van der Waals surface area contributed by atoms with Crippen molar-refractivity contribution >= 4 is 29.5 Å². The van der Waals surface area contributed by atoms with Crippen molar-refractivity contribution in [2.45, 2.75) is 37.6 Å². The fourth-order valence-corrected chi connectivity index (χ4v) is 5.15. The molecule has 34 heavy (non-hydrogen) atoms. The summed E-state index contributed by atoms with van der Waals surface area (Å²) in [5.74, 6) is 0.388. The molecular weight excluding hydrogens is 475 g/mol. The maximum absolute atomic E-state index is 14.7. The van der Waals surface area contributed by atoms with Crippen LogP contribution in [0.15, 0.2) is 36.4 Å². The molecule has 184 valence electrons. The van der Waals surface area contributed by atoms with Crippen LogP contribution in [0.5, 0.6) is 5.75 Å². The average Bonchev–Trinajstić information content (AvgIpc) is 3.67. The Morgan fingerprint density at radius 3 is 2.65 bits per heavy atom. The monoisotopic (exact) mass is 506 g/mol. The summed E-state index contributed by atoms with van der Waals surface area (Å²) in [5.41, 5.74) is 2.20. The summed E-state index contributed by atoms with van der Waals surface area (Å²) in [4.78, 5) is 14.6. The number of hydrogen-bond acceptors (Lipinski definition) is 5. The Bertz CT molecular complexity index is 996. The number of likely N-dealkylation sites (tertiary alicyclic amines) is 1. The normalized spacial score (nSPS) is 18.0. The highest BCUT2D eigenvalue weighted by Crippen LogP contribution is 2.45. The zero-order valence-electron chi connectivity index (χ0n) is 19.7. The number of hydrogen-bond donors (Lipinski definition) is 1. The Morgan fingerprint density at radius 2 is 2.00 bits per heavy atom. The van der Waals surface area contributed by atoms with Crippen molar-refractivity contribution in [3.8, 4) is 5.75 Å². The third-order valence-corrected chi connectivity index (χ3v) is 7.30. The number of amides is 1. The van der Waals surface area contributed by atoms with Gasteiger partial charge in [0.05, 0.1) is 24.8 Å². The molecule has 1 saturated heterocycles. The summed E-state index contributed by atoms with van der Waals surface area (Å²) < 4.78 is 28.9. The molecule has 1 aliphatic carbocycles. The molecule has 1 saturated carbocycles. The number of halogens is 2. The molecule has 2 fully saturated rings. The van der Waals surface area contributed by atoms with Crippen molar-refractivity contribution in [2.75, 3.05) is 39.7 Å². The van der Waals surface area contributed by atoms with Crippen molar-refractivity contribution in [3.05, 3.63) is 63.9 Å². The first kappa shape index (κ1) is 25.3. The van der Waals surface area contributed by atoms with Gasteiger partial charge in [-0.15, -0.1) is 0 Å². The summed E-state index contributed by atoms with van der Waals surface area (Å²) in [6, 6.07) is 11.2.